The number of ether oxygens (including phenoxy) is 2. The number of nitrogens with one attached hydrogen (secondary N) is 2. The average Bonchev–Trinajstić information content (AvgIpc) is 3.35. The number of amides is 2. The molecule has 0 aromatic heterocycles. The van der Waals surface area contributed by atoms with Crippen LogP contribution in [0.15, 0.2) is 60.2 Å². The second kappa shape index (κ2) is 12.3. The number of hydrogen-bond acceptors (Lipinski definition) is 5. The van der Waals surface area contributed by atoms with Gasteiger partial charge in [0, 0.05) is 19.7 Å². The molecular weight excluding hydrogens is 406 g/mol. The van der Waals surface area contributed by atoms with E-state index in [9.17, 15) is 14.9 Å². The highest BCUT2D eigenvalue weighted by Gasteiger charge is 2.16. The summed E-state index contributed by atoms with van der Waals surface area (Å²) in [7, 11) is 0. The van der Waals surface area contributed by atoms with E-state index < -0.39 is 5.91 Å². The molecule has 1 atom stereocenters. The van der Waals surface area contributed by atoms with Crippen LogP contribution in [0, 0.1) is 11.3 Å². The number of hydrogen-bond donors (Lipinski definition) is 2. The topological polar surface area (TPSA) is 100 Å². The summed E-state index contributed by atoms with van der Waals surface area (Å²) in [6, 6.07) is 18.6. The van der Waals surface area contributed by atoms with Gasteiger partial charge < -0.3 is 20.1 Å². The monoisotopic (exact) mass is 433 g/mol. The molecule has 2 aromatic carbocycles. The summed E-state index contributed by atoms with van der Waals surface area (Å²) in [5.74, 6) is -0.0877. The van der Waals surface area contributed by atoms with Crippen LogP contribution in [0.5, 0.6) is 5.75 Å². The van der Waals surface area contributed by atoms with E-state index in [1.165, 1.54) is 6.08 Å². The van der Waals surface area contributed by atoms with E-state index in [2.05, 4.69) is 10.6 Å². The number of carbonyl (C=O) groups is 2. The fraction of sp³-hybridized carbons (Fsp3) is 0.320. The Balaban J connectivity index is 1.44. The van der Waals surface area contributed by atoms with Crippen molar-refractivity contribution in [1.82, 2.24) is 10.6 Å². The highest BCUT2D eigenvalue weighted by molar-refractivity contribution is 6.01. The van der Waals surface area contributed by atoms with Crippen LogP contribution in [0.1, 0.15) is 24.0 Å². The summed E-state index contributed by atoms with van der Waals surface area (Å²) >= 11 is 0. The Morgan fingerprint density at radius 2 is 1.91 bits per heavy atom. The van der Waals surface area contributed by atoms with Crippen molar-refractivity contribution in [2.45, 2.75) is 25.4 Å². The fourth-order valence-electron chi connectivity index (χ4n) is 3.27. The molecule has 0 bridgehead atoms. The summed E-state index contributed by atoms with van der Waals surface area (Å²) in [6.07, 6.45) is 4.30. The minimum absolute atomic E-state index is 0.0280. The third-order valence-electron chi connectivity index (χ3n) is 5.02. The van der Waals surface area contributed by atoms with Gasteiger partial charge in [0.25, 0.3) is 11.8 Å². The van der Waals surface area contributed by atoms with Crippen molar-refractivity contribution >= 4 is 17.9 Å². The number of nitriles is 1. The lowest BCUT2D eigenvalue weighted by molar-refractivity contribution is -0.123. The van der Waals surface area contributed by atoms with Crippen LogP contribution >= 0.6 is 0 Å². The van der Waals surface area contributed by atoms with Crippen LogP contribution in [0.2, 0.25) is 0 Å². The van der Waals surface area contributed by atoms with Gasteiger partial charge in [-0.1, -0.05) is 42.5 Å². The lowest BCUT2D eigenvalue weighted by atomic mass is 10.1. The molecule has 3 rings (SSSR count). The van der Waals surface area contributed by atoms with E-state index in [-0.39, 0.29) is 24.2 Å². The minimum atomic E-state index is -0.410. The highest BCUT2D eigenvalue weighted by Crippen LogP contribution is 2.15. The molecular formula is C25H27N3O4. The maximum absolute atomic E-state index is 12.3. The molecule has 2 N–H and O–H groups in total. The van der Waals surface area contributed by atoms with Crippen LogP contribution in [-0.4, -0.2) is 44.2 Å². The first-order valence-corrected chi connectivity index (χ1v) is 10.7. The highest BCUT2D eigenvalue weighted by atomic mass is 16.5. The van der Waals surface area contributed by atoms with Gasteiger partial charge in [-0.2, -0.15) is 5.26 Å². The Morgan fingerprint density at radius 1 is 1.12 bits per heavy atom. The summed E-state index contributed by atoms with van der Waals surface area (Å²) < 4.78 is 11.0. The number of benzene rings is 2. The van der Waals surface area contributed by atoms with Crippen molar-refractivity contribution in [2.24, 2.45) is 0 Å². The van der Waals surface area contributed by atoms with Gasteiger partial charge in [-0.3, -0.25) is 9.59 Å². The van der Waals surface area contributed by atoms with E-state index in [1.807, 2.05) is 36.4 Å². The van der Waals surface area contributed by atoms with Crippen molar-refractivity contribution in [3.05, 3.63) is 71.3 Å². The quantitative estimate of drug-likeness (QED) is 0.443. The average molecular weight is 434 g/mol. The van der Waals surface area contributed by atoms with Gasteiger partial charge in [0.15, 0.2) is 6.61 Å². The molecule has 1 aliphatic heterocycles. The molecule has 2 amide bonds. The molecule has 0 unspecified atom stereocenters. The molecule has 32 heavy (non-hydrogen) atoms. The van der Waals surface area contributed by atoms with Gasteiger partial charge >= 0.3 is 0 Å². The van der Waals surface area contributed by atoms with Gasteiger partial charge in [0.05, 0.1) is 6.10 Å². The molecule has 1 fully saturated rings. The predicted octanol–water partition coefficient (Wildman–Crippen LogP) is 2.63. The van der Waals surface area contributed by atoms with Crippen molar-refractivity contribution in [3.8, 4) is 11.8 Å². The maximum Gasteiger partial charge on any atom is 0.261 e. The molecule has 7 heteroatoms. The predicted molar refractivity (Wildman–Crippen MR) is 121 cm³/mol. The van der Waals surface area contributed by atoms with E-state index in [0.717, 1.165) is 25.0 Å². The van der Waals surface area contributed by atoms with Gasteiger partial charge in [-0.15, -0.1) is 0 Å². The van der Waals surface area contributed by atoms with Crippen LogP contribution < -0.4 is 15.4 Å². The first kappa shape index (κ1) is 23.0. The van der Waals surface area contributed by atoms with Crippen LogP contribution in [0.4, 0.5) is 0 Å². The molecule has 0 aliphatic carbocycles. The molecule has 1 aliphatic rings. The Hall–Kier alpha value is -3.63. The SMILES string of the molecule is N#C/C(=C\c1ccc(OCC(=O)NC[C@@H]2CCCO2)cc1)C(=O)NCCc1ccccc1. The maximum atomic E-state index is 12.3. The second-order valence-electron chi connectivity index (χ2n) is 7.46. The zero-order chi connectivity index (χ0) is 22.6. The van der Waals surface area contributed by atoms with Crippen LogP contribution in [0.25, 0.3) is 6.08 Å². The standard InChI is InChI=1S/C25H27N3O4/c26-16-21(25(30)27-13-12-19-5-2-1-3-6-19)15-20-8-10-22(11-9-20)32-18-24(29)28-17-23-7-4-14-31-23/h1-3,5-6,8-11,15,23H,4,7,12-14,17-18H2,(H,27,30)(H,28,29)/b21-15+/t23-/m0/s1. The molecule has 0 spiro atoms. The molecule has 7 nitrogen and oxygen atoms in total. The lowest BCUT2D eigenvalue weighted by Crippen LogP contribution is -2.35. The largest absolute Gasteiger partial charge is 0.484 e. The van der Waals surface area contributed by atoms with Crippen molar-refractivity contribution in [2.75, 3.05) is 26.3 Å². The van der Waals surface area contributed by atoms with Gasteiger partial charge in [0.1, 0.15) is 17.4 Å². The zero-order valence-electron chi connectivity index (χ0n) is 17.9. The number of carbonyl (C=O) groups excluding carboxylic acids is 2. The summed E-state index contributed by atoms with van der Waals surface area (Å²) in [4.78, 5) is 24.2. The van der Waals surface area contributed by atoms with E-state index in [4.69, 9.17) is 9.47 Å². The number of rotatable bonds is 10. The molecule has 1 heterocycles. The van der Waals surface area contributed by atoms with Gasteiger partial charge in [0.2, 0.25) is 0 Å². The Kier molecular flexibility index (Phi) is 8.84. The third kappa shape index (κ3) is 7.56. The lowest BCUT2D eigenvalue weighted by Gasteiger charge is -2.11. The van der Waals surface area contributed by atoms with Gasteiger partial charge in [-0.25, -0.2) is 0 Å². The third-order valence-corrected chi connectivity index (χ3v) is 5.02. The Morgan fingerprint density at radius 3 is 2.59 bits per heavy atom. The zero-order valence-corrected chi connectivity index (χ0v) is 17.9. The summed E-state index contributed by atoms with van der Waals surface area (Å²) in [6.45, 7) is 1.61. The van der Waals surface area contributed by atoms with Crippen molar-refractivity contribution in [1.29, 1.82) is 5.26 Å². The van der Waals surface area contributed by atoms with Gasteiger partial charge in [-0.05, 0) is 48.6 Å². The van der Waals surface area contributed by atoms with Crippen LogP contribution in [0.3, 0.4) is 0 Å². The summed E-state index contributed by atoms with van der Waals surface area (Å²) in [5.41, 5.74) is 1.83. The van der Waals surface area contributed by atoms with E-state index in [1.54, 1.807) is 24.3 Å². The van der Waals surface area contributed by atoms with E-state index in [0.29, 0.717) is 30.8 Å². The Labute approximate surface area is 188 Å². The van der Waals surface area contributed by atoms with E-state index >= 15 is 0 Å². The molecule has 0 radical (unpaired) electrons. The van der Waals surface area contributed by atoms with Crippen molar-refractivity contribution in [3.63, 3.8) is 0 Å². The number of nitrogens with zero attached hydrogens (tertiary/aromatic N) is 1. The molecule has 1 saturated heterocycles. The Bertz CT molecular complexity index is 959. The fourth-order valence-corrected chi connectivity index (χ4v) is 3.27. The minimum Gasteiger partial charge on any atom is -0.484 e. The smallest absolute Gasteiger partial charge is 0.261 e. The first-order valence-electron chi connectivity index (χ1n) is 10.7. The normalized spacial score (nSPS) is 15.6. The second-order valence-corrected chi connectivity index (χ2v) is 7.46. The molecule has 2 aromatic rings. The molecule has 0 saturated carbocycles. The summed E-state index contributed by atoms with van der Waals surface area (Å²) in [5, 5.41) is 14.9. The first-order chi connectivity index (χ1) is 15.6. The van der Waals surface area contributed by atoms with Crippen molar-refractivity contribution < 1.29 is 19.1 Å². The van der Waals surface area contributed by atoms with Crippen LogP contribution in [-0.2, 0) is 20.7 Å². The molecule has 166 valence electrons.